The highest BCUT2D eigenvalue weighted by Crippen LogP contribution is 2.41. The first-order valence-electron chi connectivity index (χ1n) is 9.45. The summed E-state index contributed by atoms with van der Waals surface area (Å²) in [5.74, 6) is 1.83. The summed E-state index contributed by atoms with van der Waals surface area (Å²) in [6.07, 6.45) is 6.43. The molecule has 1 aliphatic heterocycles. The van der Waals surface area contributed by atoms with Crippen molar-refractivity contribution >= 4 is 23.3 Å². The minimum Gasteiger partial charge on any atom is -0.493 e. The lowest BCUT2D eigenvalue weighted by Crippen LogP contribution is -2.31. The first kappa shape index (κ1) is 18.8. The zero-order chi connectivity index (χ0) is 19.7. The van der Waals surface area contributed by atoms with Crippen LogP contribution < -0.4 is 14.2 Å². The zero-order valence-electron chi connectivity index (χ0n) is 16.4. The van der Waals surface area contributed by atoms with E-state index in [1.807, 2.05) is 31.0 Å². The predicted octanol–water partition coefficient (Wildman–Crippen LogP) is 3.78. The highest BCUT2D eigenvalue weighted by molar-refractivity contribution is 7.11. The van der Waals surface area contributed by atoms with E-state index in [-0.39, 0.29) is 11.9 Å². The first-order chi connectivity index (χ1) is 13.6. The summed E-state index contributed by atoms with van der Waals surface area (Å²) in [5, 5.41) is 1.07. The Kier molecular flexibility index (Phi) is 5.26. The van der Waals surface area contributed by atoms with Crippen LogP contribution in [0.4, 0.5) is 0 Å². The van der Waals surface area contributed by atoms with Crippen molar-refractivity contribution in [2.24, 2.45) is 0 Å². The molecule has 0 fully saturated rings. The number of nitrogens with zero attached hydrogens (tertiary/aromatic N) is 2. The fourth-order valence-corrected chi connectivity index (χ4v) is 4.87. The van der Waals surface area contributed by atoms with E-state index in [1.54, 1.807) is 30.6 Å². The van der Waals surface area contributed by atoms with Gasteiger partial charge in [-0.25, -0.2) is 4.98 Å². The molecule has 1 aromatic carbocycles. The third-order valence-corrected chi connectivity index (χ3v) is 6.23. The average molecular weight is 401 g/mol. The normalized spacial score (nSPS) is 18.0. The number of likely N-dealkylation sites (N-methyl/N-ethyl adjacent to an activating group) is 1. The summed E-state index contributed by atoms with van der Waals surface area (Å²) in [4.78, 5) is 20.5. The molecule has 1 atom stereocenters. The van der Waals surface area contributed by atoms with Crippen LogP contribution in [0.5, 0.6) is 17.2 Å². The summed E-state index contributed by atoms with van der Waals surface area (Å²) in [6, 6.07) is 3.82. The number of carbonyl (C=O) groups excluding carboxylic acids is 1. The van der Waals surface area contributed by atoms with Crippen molar-refractivity contribution in [3.05, 3.63) is 39.4 Å². The minimum atomic E-state index is -0.0299. The van der Waals surface area contributed by atoms with Crippen molar-refractivity contribution in [2.75, 3.05) is 27.4 Å². The van der Waals surface area contributed by atoms with Gasteiger partial charge in [0.1, 0.15) is 13.2 Å². The SMILES string of the molecule is COc1cc(C=CC(=O)N(C)C2CCCc3nc(C)sc32)cc2c1OCCO2. The molecule has 6 nitrogen and oxygen atoms in total. The van der Waals surface area contributed by atoms with Gasteiger partial charge in [0, 0.05) is 13.1 Å². The van der Waals surface area contributed by atoms with E-state index >= 15 is 0 Å². The van der Waals surface area contributed by atoms with Crippen molar-refractivity contribution in [3.8, 4) is 17.2 Å². The maximum Gasteiger partial charge on any atom is 0.246 e. The molecule has 1 aromatic heterocycles. The lowest BCUT2D eigenvalue weighted by atomic mass is 9.97. The molecule has 4 rings (SSSR count). The molecule has 1 unspecified atom stereocenters. The van der Waals surface area contributed by atoms with Crippen LogP contribution in [-0.2, 0) is 11.2 Å². The molecular weight excluding hydrogens is 376 g/mol. The summed E-state index contributed by atoms with van der Waals surface area (Å²) in [6.45, 7) is 3.03. The van der Waals surface area contributed by atoms with Gasteiger partial charge in [0.2, 0.25) is 11.7 Å². The van der Waals surface area contributed by atoms with E-state index in [4.69, 9.17) is 14.2 Å². The number of ether oxygens (including phenoxy) is 3. The number of benzene rings is 1. The van der Waals surface area contributed by atoms with Gasteiger partial charge >= 0.3 is 0 Å². The lowest BCUT2D eigenvalue weighted by Gasteiger charge is -2.30. The molecule has 0 saturated heterocycles. The smallest absolute Gasteiger partial charge is 0.246 e. The van der Waals surface area contributed by atoms with E-state index in [0.29, 0.717) is 30.5 Å². The summed E-state index contributed by atoms with van der Waals surface area (Å²) in [7, 11) is 3.46. The Bertz CT molecular complexity index is 904. The third kappa shape index (κ3) is 3.58. The van der Waals surface area contributed by atoms with Crippen molar-refractivity contribution < 1.29 is 19.0 Å². The van der Waals surface area contributed by atoms with Crippen LogP contribution in [0, 0.1) is 6.92 Å². The molecular formula is C21H24N2O4S. The standard InChI is InChI=1S/C21H24N2O4S/c1-13-22-15-5-4-6-16(21(15)28-13)23(2)19(24)8-7-14-11-17(25-3)20-18(12-14)26-9-10-27-20/h7-8,11-12,16H,4-6,9-10H2,1-3H3. The Morgan fingerprint density at radius 1 is 1.36 bits per heavy atom. The van der Waals surface area contributed by atoms with Gasteiger partial charge < -0.3 is 19.1 Å². The number of aryl methyl sites for hydroxylation is 2. The number of hydrogen-bond donors (Lipinski definition) is 0. The van der Waals surface area contributed by atoms with Crippen LogP contribution >= 0.6 is 11.3 Å². The van der Waals surface area contributed by atoms with E-state index in [9.17, 15) is 4.79 Å². The fraction of sp³-hybridized carbons (Fsp3) is 0.429. The topological polar surface area (TPSA) is 60.9 Å². The minimum absolute atomic E-state index is 0.0299. The van der Waals surface area contributed by atoms with Crippen molar-refractivity contribution in [1.29, 1.82) is 0 Å². The Morgan fingerprint density at radius 3 is 3.00 bits per heavy atom. The molecule has 0 saturated carbocycles. The fourth-order valence-electron chi connectivity index (χ4n) is 3.72. The van der Waals surface area contributed by atoms with Crippen molar-refractivity contribution in [3.63, 3.8) is 0 Å². The van der Waals surface area contributed by atoms with Crippen LogP contribution in [0.1, 0.15) is 40.0 Å². The van der Waals surface area contributed by atoms with E-state index < -0.39 is 0 Å². The van der Waals surface area contributed by atoms with Crippen molar-refractivity contribution in [2.45, 2.75) is 32.2 Å². The van der Waals surface area contributed by atoms with Crippen LogP contribution in [0.25, 0.3) is 6.08 Å². The Morgan fingerprint density at radius 2 is 2.18 bits per heavy atom. The monoisotopic (exact) mass is 400 g/mol. The van der Waals surface area contributed by atoms with Gasteiger partial charge in [-0.15, -0.1) is 11.3 Å². The largest absolute Gasteiger partial charge is 0.493 e. The third-order valence-electron chi connectivity index (χ3n) is 5.11. The van der Waals surface area contributed by atoms with Crippen LogP contribution in [-0.4, -0.2) is 43.2 Å². The maximum atomic E-state index is 12.8. The maximum absolute atomic E-state index is 12.8. The number of aromatic nitrogens is 1. The first-order valence-corrected chi connectivity index (χ1v) is 10.3. The summed E-state index contributed by atoms with van der Waals surface area (Å²) >= 11 is 1.70. The molecule has 7 heteroatoms. The lowest BCUT2D eigenvalue weighted by molar-refractivity contribution is -0.127. The second kappa shape index (κ2) is 7.83. The second-order valence-electron chi connectivity index (χ2n) is 6.98. The molecule has 28 heavy (non-hydrogen) atoms. The van der Waals surface area contributed by atoms with Gasteiger partial charge in [-0.1, -0.05) is 0 Å². The van der Waals surface area contributed by atoms with Gasteiger partial charge in [0.15, 0.2) is 11.5 Å². The number of hydrogen-bond acceptors (Lipinski definition) is 6. The Labute approximate surface area is 168 Å². The number of amides is 1. The highest BCUT2D eigenvalue weighted by atomic mass is 32.1. The molecule has 0 bridgehead atoms. The average Bonchev–Trinajstić information content (AvgIpc) is 3.10. The number of carbonyl (C=O) groups is 1. The van der Waals surface area contributed by atoms with Gasteiger partial charge in [0.05, 0.1) is 28.7 Å². The van der Waals surface area contributed by atoms with Crippen LogP contribution in [0.2, 0.25) is 0 Å². The number of thiazole rings is 1. The molecule has 2 aromatic rings. The molecule has 1 amide bonds. The molecule has 0 spiro atoms. The van der Waals surface area contributed by atoms with Crippen LogP contribution in [0.15, 0.2) is 18.2 Å². The molecule has 148 valence electrons. The van der Waals surface area contributed by atoms with Gasteiger partial charge in [-0.3, -0.25) is 4.79 Å². The summed E-state index contributed by atoms with van der Waals surface area (Å²) in [5.41, 5.74) is 1.99. The number of fused-ring (bicyclic) bond motifs is 2. The van der Waals surface area contributed by atoms with Crippen LogP contribution in [0.3, 0.4) is 0 Å². The second-order valence-corrected chi connectivity index (χ2v) is 8.22. The molecule has 2 heterocycles. The van der Waals surface area contributed by atoms with Gasteiger partial charge in [-0.05, 0) is 50.0 Å². The van der Waals surface area contributed by atoms with Crippen molar-refractivity contribution in [1.82, 2.24) is 9.88 Å². The zero-order valence-corrected chi connectivity index (χ0v) is 17.2. The van der Waals surface area contributed by atoms with E-state index in [0.717, 1.165) is 35.5 Å². The Hall–Kier alpha value is -2.54. The van der Waals surface area contributed by atoms with Gasteiger partial charge in [-0.2, -0.15) is 0 Å². The van der Waals surface area contributed by atoms with E-state index in [1.165, 1.54) is 4.88 Å². The molecule has 1 aliphatic carbocycles. The highest BCUT2D eigenvalue weighted by Gasteiger charge is 2.28. The quantitative estimate of drug-likeness (QED) is 0.731. The van der Waals surface area contributed by atoms with E-state index in [2.05, 4.69) is 4.98 Å². The van der Waals surface area contributed by atoms with Gasteiger partial charge in [0.25, 0.3) is 0 Å². The predicted molar refractivity (Wildman–Crippen MR) is 108 cm³/mol. The Balaban J connectivity index is 1.53. The summed E-state index contributed by atoms with van der Waals surface area (Å²) < 4.78 is 16.7. The number of methoxy groups -OCH3 is 1. The number of rotatable bonds is 4. The molecule has 2 aliphatic rings. The molecule has 0 radical (unpaired) electrons. The molecule has 0 N–H and O–H groups in total.